The summed E-state index contributed by atoms with van der Waals surface area (Å²) < 4.78 is 0. The molecule has 1 aromatic carbocycles. The lowest BCUT2D eigenvalue weighted by atomic mass is 10.0. The molecule has 4 rings (SSSR count). The lowest BCUT2D eigenvalue weighted by molar-refractivity contribution is -0.118. The van der Waals surface area contributed by atoms with Crippen LogP contribution in [0.2, 0.25) is 0 Å². The molecule has 110 valence electrons. The molecular weight excluding hydrogens is 270 g/mol. The molecule has 2 bridgehead atoms. The number of phenols is 1. The van der Waals surface area contributed by atoms with E-state index in [2.05, 4.69) is 5.32 Å². The summed E-state index contributed by atoms with van der Waals surface area (Å²) in [6.07, 6.45) is 3.83. The number of fused-ring (bicyclic) bond motifs is 5. The number of hydrogen-bond acceptors (Lipinski definition) is 3. The lowest BCUT2D eigenvalue weighted by Crippen LogP contribution is -2.18. The number of anilines is 1. The molecule has 3 saturated carbocycles. The van der Waals surface area contributed by atoms with Crippen LogP contribution in [0.1, 0.15) is 29.6 Å². The Balaban J connectivity index is 1.46. The number of carbonyl (C=O) groups is 2. The van der Waals surface area contributed by atoms with Crippen LogP contribution in [-0.4, -0.2) is 22.1 Å². The average molecular weight is 287 g/mol. The van der Waals surface area contributed by atoms with Gasteiger partial charge in [-0.3, -0.25) is 4.79 Å². The van der Waals surface area contributed by atoms with E-state index in [9.17, 15) is 14.7 Å². The van der Waals surface area contributed by atoms with Crippen molar-refractivity contribution in [1.29, 1.82) is 0 Å². The van der Waals surface area contributed by atoms with Crippen molar-refractivity contribution in [2.45, 2.75) is 19.3 Å². The van der Waals surface area contributed by atoms with Gasteiger partial charge in [0, 0.05) is 17.7 Å². The Morgan fingerprint density at radius 3 is 2.38 bits per heavy atom. The Hall–Kier alpha value is -2.04. The van der Waals surface area contributed by atoms with Crippen LogP contribution < -0.4 is 5.32 Å². The molecule has 1 amide bonds. The molecule has 5 nitrogen and oxygen atoms in total. The molecule has 0 radical (unpaired) electrons. The van der Waals surface area contributed by atoms with E-state index in [1.54, 1.807) is 0 Å². The van der Waals surface area contributed by atoms with E-state index in [1.165, 1.54) is 37.5 Å². The topological polar surface area (TPSA) is 86.6 Å². The highest BCUT2D eigenvalue weighted by Crippen LogP contribution is 2.69. The van der Waals surface area contributed by atoms with Crippen molar-refractivity contribution < 1.29 is 19.8 Å². The van der Waals surface area contributed by atoms with Crippen LogP contribution in [0.3, 0.4) is 0 Å². The van der Waals surface area contributed by atoms with Gasteiger partial charge in [-0.05, 0) is 55.1 Å². The SMILES string of the molecule is O=C(O)c1ccc(NC(=O)C2C3C4CCC(C4)C23)cc1O. The summed E-state index contributed by atoms with van der Waals surface area (Å²) in [6, 6.07) is 4.13. The van der Waals surface area contributed by atoms with E-state index in [0.29, 0.717) is 17.5 Å². The number of rotatable bonds is 3. The number of hydrogen-bond donors (Lipinski definition) is 3. The molecule has 1 aromatic rings. The summed E-state index contributed by atoms with van der Waals surface area (Å²) in [6.45, 7) is 0. The van der Waals surface area contributed by atoms with Crippen LogP contribution in [0.15, 0.2) is 18.2 Å². The van der Waals surface area contributed by atoms with Gasteiger partial charge in [0.15, 0.2) is 0 Å². The van der Waals surface area contributed by atoms with Crippen molar-refractivity contribution in [3.05, 3.63) is 23.8 Å². The molecule has 0 aromatic heterocycles. The molecule has 4 atom stereocenters. The van der Waals surface area contributed by atoms with Gasteiger partial charge in [0.05, 0.1) is 0 Å². The van der Waals surface area contributed by atoms with E-state index in [4.69, 9.17) is 5.11 Å². The van der Waals surface area contributed by atoms with E-state index in [-0.39, 0.29) is 23.1 Å². The number of carbonyl (C=O) groups excluding carboxylic acids is 1. The van der Waals surface area contributed by atoms with Crippen LogP contribution in [0.4, 0.5) is 5.69 Å². The first-order chi connectivity index (χ1) is 10.1. The third kappa shape index (κ3) is 1.83. The molecule has 21 heavy (non-hydrogen) atoms. The summed E-state index contributed by atoms with van der Waals surface area (Å²) in [5.41, 5.74) is 0.300. The highest BCUT2D eigenvalue weighted by Gasteiger charge is 2.67. The zero-order valence-electron chi connectivity index (χ0n) is 11.5. The molecule has 0 aliphatic heterocycles. The van der Waals surface area contributed by atoms with Crippen molar-refractivity contribution in [3.8, 4) is 5.75 Å². The van der Waals surface area contributed by atoms with Gasteiger partial charge in [0.25, 0.3) is 0 Å². The smallest absolute Gasteiger partial charge is 0.339 e. The van der Waals surface area contributed by atoms with E-state index in [0.717, 1.165) is 11.8 Å². The van der Waals surface area contributed by atoms with Gasteiger partial charge in [0.2, 0.25) is 5.91 Å². The van der Waals surface area contributed by atoms with E-state index >= 15 is 0 Å². The monoisotopic (exact) mass is 287 g/mol. The van der Waals surface area contributed by atoms with E-state index in [1.807, 2.05) is 0 Å². The molecule has 5 heteroatoms. The summed E-state index contributed by atoms with van der Waals surface area (Å²) in [5, 5.41) is 21.3. The maximum Gasteiger partial charge on any atom is 0.339 e. The van der Waals surface area contributed by atoms with Crippen molar-refractivity contribution in [3.63, 3.8) is 0 Å². The molecule has 4 unspecified atom stereocenters. The van der Waals surface area contributed by atoms with Crippen LogP contribution in [0.5, 0.6) is 5.75 Å². The molecule has 0 saturated heterocycles. The highest BCUT2D eigenvalue weighted by atomic mass is 16.4. The zero-order valence-corrected chi connectivity index (χ0v) is 11.5. The minimum atomic E-state index is -1.18. The molecule has 3 N–H and O–H groups in total. The maximum atomic E-state index is 12.3. The third-order valence-corrected chi connectivity index (χ3v) is 5.53. The standard InChI is InChI=1S/C16H17NO4/c18-11-6-9(3-4-10(11)16(20)21)17-15(19)14-12-7-1-2-8(5-7)13(12)14/h3-4,6-8,12-14,18H,1-2,5H2,(H,17,19)(H,20,21). The van der Waals surface area contributed by atoms with Crippen LogP contribution in [0, 0.1) is 29.6 Å². The second-order valence-electron chi connectivity index (χ2n) is 6.54. The third-order valence-electron chi connectivity index (χ3n) is 5.53. The fourth-order valence-corrected chi connectivity index (χ4v) is 4.69. The predicted molar refractivity (Wildman–Crippen MR) is 75.0 cm³/mol. The van der Waals surface area contributed by atoms with Gasteiger partial charge in [0.1, 0.15) is 11.3 Å². The molecule has 3 aliphatic carbocycles. The van der Waals surface area contributed by atoms with Gasteiger partial charge in [-0.1, -0.05) is 0 Å². The van der Waals surface area contributed by atoms with Gasteiger partial charge in [-0.2, -0.15) is 0 Å². The number of benzene rings is 1. The average Bonchev–Trinajstić information content (AvgIpc) is 2.88. The number of nitrogens with one attached hydrogen (secondary N) is 1. The Labute approximate surface area is 122 Å². The normalized spacial score (nSPS) is 35.3. The fourth-order valence-electron chi connectivity index (χ4n) is 4.69. The number of amides is 1. The van der Waals surface area contributed by atoms with Gasteiger partial charge in [-0.25, -0.2) is 4.79 Å². The van der Waals surface area contributed by atoms with Crippen molar-refractivity contribution in [1.82, 2.24) is 0 Å². The Morgan fingerprint density at radius 2 is 1.81 bits per heavy atom. The second-order valence-corrected chi connectivity index (χ2v) is 6.54. The minimum absolute atomic E-state index is 0.0177. The van der Waals surface area contributed by atoms with Crippen LogP contribution in [0.25, 0.3) is 0 Å². The summed E-state index contributed by atoms with van der Waals surface area (Å²) in [7, 11) is 0. The highest BCUT2D eigenvalue weighted by molar-refractivity contribution is 5.97. The predicted octanol–water partition coefficient (Wildman–Crippen LogP) is 2.32. The van der Waals surface area contributed by atoms with Crippen molar-refractivity contribution in [2.24, 2.45) is 29.6 Å². The number of carboxylic acid groups (broad SMARTS) is 1. The number of aromatic hydroxyl groups is 1. The Bertz CT molecular complexity index is 625. The fraction of sp³-hybridized carbons (Fsp3) is 0.500. The largest absolute Gasteiger partial charge is 0.507 e. The number of carboxylic acids is 1. The quantitative estimate of drug-likeness (QED) is 0.796. The Kier molecular flexibility index (Phi) is 2.55. The van der Waals surface area contributed by atoms with Crippen molar-refractivity contribution in [2.75, 3.05) is 5.32 Å². The minimum Gasteiger partial charge on any atom is -0.507 e. The first-order valence-corrected chi connectivity index (χ1v) is 7.43. The van der Waals surface area contributed by atoms with Gasteiger partial charge in [-0.15, -0.1) is 0 Å². The second kappa shape index (κ2) is 4.23. The lowest BCUT2D eigenvalue weighted by Gasteiger charge is -2.10. The van der Waals surface area contributed by atoms with Gasteiger partial charge >= 0.3 is 5.97 Å². The Morgan fingerprint density at radius 1 is 1.14 bits per heavy atom. The first kappa shape index (κ1) is 12.7. The molecule has 3 fully saturated rings. The summed E-state index contributed by atoms with van der Waals surface area (Å²) >= 11 is 0. The molecule has 0 heterocycles. The van der Waals surface area contributed by atoms with Crippen LogP contribution in [-0.2, 0) is 4.79 Å². The zero-order chi connectivity index (χ0) is 14.7. The first-order valence-electron chi connectivity index (χ1n) is 7.43. The van der Waals surface area contributed by atoms with E-state index < -0.39 is 5.97 Å². The maximum absolute atomic E-state index is 12.3. The summed E-state index contributed by atoms with van der Waals surface area (Å²) in [4.78, 5) is 23.2. The molecular formula is C16H17NO4. The molecule has 0 spiro atoms. The van der Waals surface area contributed by atoms with Crippen LogP contribution >= 0.6 is 0 Å². The van der Waals surface area contributed by atoms with Gasteiger partial charge < -0.3 is 15.5 Å². The molecule has 3 aliphatic rings. The van der Waals surface area contributed by atoms with Crippen molar-refractivity contribution >= 4 is 17.6 Å². The summed E-state index contributed by atoms with van der Waals surface area (Å²) in [5.74, 6) is 1.24. The number of aromatic carboxylic acids is 1.